The van der Waals surface area contributed by atoms with Crippen LogP contribution < -0.4 is 0 Å². The SMILES string of the molecule is C#C[C@@H](C)[C@@H](O[Si](C)(C)C(C)(C)C)[C@@H](C)c1ccccc1. The molecule has 0 saturated heterocycles. The van der Waals surface area contributed by atoms with Gasteiger partial charge in [-0.25, -0.2) is 0 Å². The number of benzene rings is 1. The fraction of sp³-hybridized carbons (Fsp3) is 0.579. The maximum Gasteiger partial charge on any atom is 0.192 e. The van der Waals surface area contributed by atoms with Crippen molar-refractivity contribution in [1.82, 2.24) is 0 Å². The zero-order chi connectivity index (χ0) is 16.3. The second-order valence-electron chi connectivity index (χ2n) is 7.50. The summed E-state index contributed by atoms with van der Waals surface area (Å²) in [4.78, 5) is 0. The van der Waals surface area contributed by atoms with Crippen molar-refractivity contribution in [3.05, 3.63) is 35.9 Å². The zero-order valence-corrected chi connectivity index (χ0v) is 15.6. The van der Waals surface area contributed by atoms with Gasteiger partial charge in [-0.3, -0.25) is 0 Å². The van der Waals surface area contributed by atoms with Gasteiger partial charge in [0.1, 0.15) is 0 Å². The molecule has 0 saturated carbocycles. The second kappa shape index (κ2) is 6.81. The van der Waals surface area contributed by atoms with Crippen molar-refractivity contribution < 1.29 is 4.43 Å². The number of hydrogen-bond donors (Lipinski definition) is 0. The predicted molar refractivity (Wildman–Crippen MR) is 94.9 cm³/mol. The molecular weight excluding hydrogens is 272 g/mol. The Balaban J connectivity index is 3.06. The van der Waals surface area contributed by atoms with Crippen molar-refractivity contribution in [3.8, 4) is 12.3 Å². The Morgan fingerprint density at radius 3 is 2.05 bits per heavy atom. The van der Waals surface area contributed by atoms with E-state index in [0.29, 0.717) is 5.92 Å². The molecule has 0 amide bonds. The molecule has 0 N–H and O–H groups in total. The van der Waals surface area contributed by atoms with Crippen LogP contribution in [0.3, 0.4) is 0 Å². The average molecular weight is 303 g/mol. The molecule has 1 aromatic carbocycles. The Morgan fingerprint density at radius 1 is 1.10 bits per heavy atom. The van der Waals surface area contributed by atoms with E-state index in [1.165, 1.54) is 5.56 Å². The molecule has 0 aliphatic heterocycles. The average Bonchev–Trinajstić information content (AvgIpc) is 2.43. The lowest BCUT2D eigenvalue weighted by molar-refractivity contribution is 0.126. The molecule has 0 spiro atoms. The van der Waals surface area contributed by atoms with E-state index in [0.717, 1.165) is 0 Å². The minimum Gasteiger partial charge on any atom is -0.412 e. The van der Waals surface area contributed by atoms with Crippen LogP contribution in [0.2, 0.25) is 18.1 Å². The third-order valence-electron chi connectivity index (χ3n) is 4.81. The summed E-state index contributed by atoms with van der Waals surface area (Å²) in [6.07, 6.45) is 5.77. The van der Waals surface area contributed by atoms with Crippen molar-refractivity contribution in [2.75, 3.05) is 0 Å². The third kappa shape index (κ3) is 4.46. The van der Waals surface area contributed by atoms with Gasteiger partial charge >= 0.3 is 0 Å². The highest BCUT2D eigenvalue weighted by Crippen LogP contribution is 2.40. The van der Waals surface area contributed by atoms with Crippen LogP contribution in [-0.4, -0.2) is 14.4 Å². The predicted octanol–water partition coefficient (Wildman–Crippen LogP) is 5.45. The molecule has 0 aromatic heterocycles. The molecule has 0 heterocycles. The highest BCUT2D eigenvalue weighted by molar-refractivity contribution is 6.74. The molecule has 0 aliphatic rings. The van der Waals surface area contributed by atoms with E-state index >= 15 is 0 Å². The first-order valence-electron chi connectivity index (χ1n) is 7.79. The number of hydrogen-bond acceptors (Lipinski definition) is 1. The lowest BCUT2D eigenvalue weighted by Crippen LogP contribution is -2.46. The van der Waals surface area contributed by atoms with E-state index in [2.05, 4.69) is 77.9 Å². The van der Waals surface area contributed by atoms with Gasteiger partial charge in [-0.1, -0.05) is 58.0 Å². The largest absolute Gasteiger partial charge is 0.412 e. The Morgan fingerprint density at radius 2 is 1.62 bits per heavy atom. The molecule has 0 radical (unpaired) electrons. The van der Waals surface area contributed by atoms with E-state index in [4.69, 9.17) is 10.8 Å². The third-order valence-corrected chi connectivity index (χ3v) is 9.28. The molecule has 21 heavy (non-hydrogen) atoms. The van der Waals surface area contributed by atoms with Crippen molar-refractivity contribution >= 4 is 8.32 Å². The van der Waals surface area contributed by atoms with Gasteiger partial charge in [0, 0.05) is 11.8 Å². The molecule has 0 fully saturated rings. The van der Waals surface area contributed by atoms with Gasteiger partial charge in [-0.15, -0.1) is 12.3 Å². The van der Waals surface area contributed by atoms with Crippen LogP contribution in [0.5, 0.6) is 0 Å². The molecular formula is C19H30OSi. The van der Waals surface area contributed by atoms with E-state index in [1.807, 2.05) is 6.07 Å². The van der Waals surface area contributed by atoms with Crippen molar-refractivity contribution in [3.63, 3.8) is 0 Å². The maximum absolute atomic E-state index is 6.67. The van der Waals surface area contributed by atoms with Gasteiger partial charge in [0.2, 0.25) is 0 Å². The summed E-state index contributed by atoms with van der Waals surface area (Å²) in [5, 5.41) is 0.190. The van der Waals surface area contributed by atoms with Gasteiger partial charge in [-0.2, -0.15) is 0 Å². The molecule has 1 nitrogen and oxygen atoms in total. The van der Waals surface area contributed by atoms with Crippen LogP contribution in [0, 0.1) is 18.3 Å². The summed E-state index contributed by atoms with van der Waals surface area (Å²) in [7, 11) is -1.84. The fourth-order valence-electron chi connectivity index (χ4n) is 2.20. The van der Waals surface area contributed by atoms with Crippen LogP contribution in [0.15, 0.2) is 30.3 Å². The minimum absolute atomic E-state index is 0.0679. The van der Waals surface area contributed by atoms with Crippen LogP contribution in [-0.2, 0) is 4.43 Å². The van der Waals surface area contributed by atoms with Crippen LogP contribution in [0.4, 0.5) is 0 Å². The summed E-state index contributed by atoms with van der Waals surface area (Å²) in [5.41, 5.74) is 1.29. The van der Waals surface area contributed by atoms with Gasteiger partial charge in [0.15, 0.2) is 8.32 Å². The summed E-state index contributed by atoms with van der Waals surface area (Å²) in [6, 6.07) is 10.5. The Labute approximate surface area is 132 Å². The van der Waals surface area contributed by atoms with Gasteiger partial charge in [-0.05, 0) is 30.6 Å². The number of rotatable bonds is 5. The monoisotopic (exact) mass is 302 g/mol. The molecule has 0 aliphatic carbocycles. The quantitative estimate of drug-likeness (QED) is 0.519. The van der Waals surface area contributed by atoms with Gasteiger partial charge in [0.25, 0.3) is 0 Å². The first kappa shape index (κ1) is 18.0. The normalized spacial score (nSPS) is 16.9. The highest BCUT2D eigenvalue weighted by atomic mass is 28.4. The highest BCUT2D eigenvalue weighted by Gasteiger charge is 2.41. The number of terminal acetylenes is 1. The summed E-state index contributed by atoms with van der Waals surface area (Å²) in [5.74, 6) is 3.29. The summed E-state index contributed by atoms with van der Waals surface area (Å²) >= 11 is 0. The first-order chi connectivity index (χ1) is 9.60. The molecule has 2 heteroatoms. The summed E-state index contributed by atoms with van der Waals surface area (Å²) < 4.78 is 6.67. The molecule has 0 unspecified atom stereocenters. The summed E-state index contributed by atoms with van der Waals surface area (Å²) in [6.45, 7) is 15.7. The molecule has 3 atom stereocenters. The van der Waals surface area contributed by atoms with Crippen LogP contribution >= 0.6 is 0 Å². The van der Waals surface area contributed by atoms with E-state index in [9.17, 15) is 0 Å². The van der Waals surface area contributed by atoms with Crippen LogP contribution in [0.25, 0.3) is 0 Å². The molecule has 1 rings (SSSR count). The van der Waals surface area contributed by atoms with Crippen molar-refractivity contribution in [2.45, 2.75) is 64.8 Å². The Hall–Kier alpha value is -1.04. The lowest BCUT2D eigenvalue weighted by atomic mass is 9.88. The smallest absolute Gasteiger partial charge is 0.192 e. The second-order valence-corrected chi connectivity index (χ2v) is 12.3. The van der Waals surface area contributed by atoms with Crippen molar-refractivity contribution in [1.29, 1.82) is 0 Å². The zero-order valence-electron chi connectivity index (χ0n) is 14.6. The Kier molecular flexibility index (Phi) is 5.84. The topological polar surface area (TPSA) is 9.23 Å². The molecule has 1 aromatic rings. The molecule has 116 valence electrons. The fourth-order valence-corrected chi connectivity index (χ4v) is 3.64. The maximum atomic E-state index is 6.67. The van der Waals surface area contributed by atoms with Gasteiger partial charge < -0.3 is 4.43 Å². The van der Waals surface area contributed by atoms with Crippen LogP contribution in [0.1, 0.15) is 46.1 Å². The van der Waals surface area contributed by atoms with Gasteiger partial charge in [0.05, 0.1) is 6.10 Å². The Bertz CT molecular complexity index is 479. The van der Waals surface area contributed by atoms with E-state index in [1.54, 1.807) is 0 Å². The van der Waals surface area contributed by atoms with E-state index < -0.39 is 8.32 Å². The molecule has 0 bridgehead atoms. The standard InChI is InChI=1S/C19H30OSi/c1-9-15(2)18(20-21(7,8)19(4,5)6)16(3)17-13-11-10-12-14-17/h1,10-16,18H,2-8H3/t15-,16+,18-/m1/s1. The lowest BCUT2D eigenvalue weighted by Gasteiger charge is -2.42. The van der Waals surface area contributed by atoms with Crippen molar-refractivity contribution in [2.24, 2.45) is 5.92 Å². The minimum atomic E-state index is -1.84. The van der Waals surface area contributed by atoms with E-state index in [-0.39, 0.29) is 17.1 Å². The first-order valence-corrected chi connectivity index (χ1v) is 10.7.